The highest BCUT2D eigenvalue weighted by Crippen LogP contribution is 2.35. The van der Waals surface area contributed by atoms with Gasteiger partial charge in [0.25, 0.3) is 0 Å². The molecule has 1 N–H and O–H groups in total. The van der Waals surface area contributed by atoms with E-state index >= 15 is 0 Å². The summed E-state index contributed by atoms with van der Waals surface area (Å²) in [7, 11) is 0. The standard InChI is InChI=1S/C14H11Cl2F3N2/c1-8-4-10(15)7-21-13(8)20-6-9-2-3-12(16)11(5-9)14(17,18)19/h2-5,7H,6H2,1H3,(H,20,21). The van der Waals surface area contributed by atoms with Gasteiger partial charge in [0.2, 0.25) is 0 Å². The smallest absolute Gasteiger partial charge is 0.366 e. The van der Waals surface area contributed by atoms with Crippen LogP contribution in [-0.2, 0) is 12.7 Å². The van der Waals surface area contributed by atoms with Crippen molar-refractivity contribution >= 4 is 29.0 Å². The van der Waals surface area contributed by atoms with Crippen LogP contribution in [0.15, 0.2) is 30.5 Å². The van der Waals surface area contributed by atoms with Crippen LogP contribution in [0, 0.1) is 6.92 Å². The topological polar surface area (TPSA) is 24.9 Å². The van der Waals surface area contributed by atoms with Gasteiger partial charge in [0.1, 0.15) is 5.82 Å². The largest absolute Gasteiger partial charge is 0.417 e. The molecule has 0 spiro atoms. The Labute approximate surface area is 129 Å². The molecule has 21 heavy (non-hydrogen) atoms. The third-order valence-electron chi connectivity index (χ3n) is 2.84. The maximum Gasteiger partial charge on any atom is 0.417 e. The minimum Gasteiger partial charge on any atom is -0.366 e. The van der Waals surface area contributed by atoms with Gasteiger partial charge < -0.3 is 5.32 Å². The summed E-state index contributed by atoms with van der Waals surface area (Å²) in [6.07, 6.45) is -3.00. The van der Waals surface area contributed by atoms with Gasteiger partial charge in [0.05, 0.1) is 15.6 Å². The van der Waals surface area contributed by atoms with Crippen molar-refractivity contribution in [1.82, 2.24) is 4.98 Å². The van der Waals surface area contributed by atoms with Crippen LogP contribution in [0.3, 0.4) is 0 Å². The molecule has 0 aliphatic heterocycles. The Morgan fingerprint density at radius 2 is 1.90 bits per heavy atom. The number of hydrogen-bond donors (Lipinski definition) is 1. The molecular weight excluding hydrogens is 324 g/mol. The van der Waals surface area contributed by atoms with Crippen molar-refractivity contribution in [2.75, 3.05) is 5.32 Å². The first-order chi connectivity index (χ1) is 9.77. The lowest BCUT2D eigenvalue weighted by Gasteiger charge is -2.12. The Morgan fingerprint density at radius 1 is 1.19 bits per heavy atom. The van der Waals surface area contributed by atoms with Crippen LogP contribution >= 0.6 is 23.2 Å². The highest BCUT2D eigenvalue weighted by atomic mass is 35.5. The second-order valence-electron chi connectivity index (χ2n) is 4.48. The summed E-state index contributed by atoms with van der Waals surface area (Å²) in [5.41, 5.74) is 0.430. The highest BCUT2D eigenvalue weighted by molar-refractivity contribution is 6.31. The molecule has 0 amide bonds. The van der Waals surface area contributed by atoms with Gasteiger partial charge in [-0.05, 0) is 36.2 Å². The van der Waals surface area contributed by atoms with Crippen molar-refractivity contribution in [2.45, 2.75) is 19.6 Å². The number of alkyl halides is 3. The summed E-state index contributed by atoms with van der Waals surface area (Å²) in [5.74, 6) is 0.572. The number of aromatic nitrogens is 1. The molecule has 0 atom stereocenters. The molecule has 0 aliphatic rings. The molecule has 2 aromatic rings. The maximum atomic E-state index is 12.8. The zero-order valence-electron chi connectivity index (χ0n) is 10.9. The number of pyridine rings is 1. The van der Waals surface area contributed by atoms with Crippen LogP contribution < -0.4 is 5.32 Å². The molecule has 0 saturated heterocycles. The number of halogens is 5. The molecule has 0 radical (unpaired) electrons. The Hall–Kier alpha value is -1.46. The quantitative estimate of drug-likeness (QED) is 0.820. The van der Waals surface area contributed by atoms with Crippen LogP contribution in [0.25, 0.3) is 0 Å². The lowest BCUT2D eigenvalue weighted by atomic mass is 10.1. The number of benzene rings is 1. The average molecular weight is 335 g/mol. The summed E-state index contributed by atoms with van der Waals surface area (Å²) in [5, 5.41) is 3.17. The molecule has 1 aromatic heterocycles. The first-order valence-corrected chi connectivity index (χ1v) is 6.74. The predicted octanol–water partition coefficient (Wildman–Crippen LogP) is 5.33. The summed E-state index contributed by atoms with van der Waals surface area (Å²) in [6, 6.07) is 5.53. The minimum absolute atomic E-state index is 0.204. The summed E-state index contributed by atoms with van der Waals surface area (Å²) in [6.45, 7) is 2.01. The molecule has 0 fully saturated rings. The molecule has 0 saturated carbocycles. The van der Waals surface area contributed by atoms with E-state index in [2.05, 4.69) is 10.3 Å². The van der Waals surface area contributed by atoms with Crippen LogP contribution in [0.2, 0.25) is 10.0 Å². The Morgan fingerprint density at radius 3 is 2.52 bits per heavy atom. The van der Waals surface area contributed by atoms with Crippen molar-refractivity contribution in [3.63, 3.8) is 0 Å². The molecule has 0 unspecified atom stereocenters. The van der Waals surface area contributed by atoms with E-state index < -0.39 is 11.7 Å². The number of hydrogen-bond acceptors (Lipinski definition) is 2. The fraction of sp³-hybridized carbons (Fsp3) is 0.214. The number of aryl methyl sites for hydroxylation is 1. The van der Waals surface area contributed by atoms with Gasteiger partial charge in [-0.3, -0.25) is 0 Å². The van der Waals surface area contributed by atoms with E-state index in [1.165, 1.54) is 18.3 Å². The fourth-order valence-corrected chi connectivity index (χ4v) is 2.25. The van der Waals surface area contributed by atoms with Crippen LogP contribution in [-0.4, -0.2) is 4.98 Å². The van der Waals surface area contributed by atoms with Gasteiger partial charge in [0, 0.05) is 12.7 Å². The molecule has 1 aromatic carbocycles. The summed E-state index contributed by atoms with van der Waals surface area (Å²) >= 11 is 11.4. The average Bonchev–Trinajstić information content (AvgIpc) is 2.38. The molecular formula is C14H11Cl2F3N2. The molecule has 2 rings (SSSR count). The third-order valence-corrected chi connectivity index (χ3v) is 3.38. The maximum absolute atomic E-state index is 12.8. The van der Waals surface area contributed by atoms with Gasteiger partial charge in [0.15, 0.2) is 0 Å². The van der Waals surface area contributed by atoms with Crippen molar-refractivity contribution < 1.29 is 13.2 Å². The second kappa shape index (κ2) is 6.12. The van der Waals surface area contributed by atoms with Gasteiger partial charge in [-0.1, -0.05) is 29.3 Å². The van der Waals surface area contributed by atoms with Gasteiger partial charge in [-0.2, -0.15) is 13.2 Å². The van der Waals surface area contributed by atoms with Gasteiger partial charge >= 0.3 is 6.18 Å². The van der Waals surface area contributed by atoms with E-state index in [9.17, 15) is 13.2 Å². The van der Waals surface area contributed by atoms with E-state index in [1.807, 2.05) is 6.92 Å². The molecule has 112 valence electrons. The van der Waals surface area contributed by atoms with Crippen molar-refractivity contribution in [3.05, 3.63) is 57.2 Å². The van der Waals surface area contributed by atoms with E-state index in [1.54, 1.807) is 6.07 Å². The lowest BCUT2D eigenvalue weighted by molar-refractivity contribution is -0.137. The number of nitrogens with zero attached hydrogens (tertiary/aromatic N) is 1. The third kappa shape index (κ3) is 4.02. The normalized spacial score (nSPS) is 11.5. The predicted molar refractivity (Wildman–Crippen MR) is 77.8 cm³/mol. The minimum atomic E-state index is -4.47. The molecule has 0 bridgehead atoms. The van der Waals surface area contributed by atoms with Crippen LogP contribution in [0.5, 0.6) is 0 Å². The lowest BCUT2D eigenvalue weighted by Crippen LogP contribution is -2.08. The Bertz CT molecular complexity index is 657. The van der Waals surface area contributed by atoms with E-state index in [0.29, 0.717) is 16.4 Å². The van der Waals surface area contributed by atoms with Crippen LogP contribution in [0.1, 0.15) is 16.7 Å². The van der Waals surface area contributed by atoms with E-state index in [-0.39, 0.29) is 11.6 Å². The monoisotopic (exact) mass is 334 g/mol. The summed E-state index contributed by atoms with van der Waals surface area (Å²) in [4.78, 5) is 4.09. The fourth-order valence-electron chi connectivity index (χ4n) is 1.81. The van der Waals surface area contributed by atoms with Crippen molar-refractivity contribution in [2.24, 2.45) is 0 Å². The molecule has 2 nitrogen and oxygen atoms in total. The SMILES string of the molecule is Cc1cc(Cl)cnc1NCc1ccc(Cl)c(C(F)(F)F)c1. The molecule has 1 heterocycles. The molecule has 7 heteroatoms. The zero-order chi connectivity index (χ0) is 15.6. The number of nitrogens with one attached hydrogen (secondary N) is 1. The number of anilines is 1. The number of rotatable bonds is 3. The summed E-state index contributed by atoms with van der Waals surface area (Å²) < 4.78 is 38.3. The Kier molecular flexibility index (Phi) is 4.64. The Balaban J connectivity index is 2.17. The van der Waals surface area contributed by atoms with E-state index in [0.717, 1.165) is 11.6 Å². The van der Waals surface area contributed by atoms with Crippen molar-refractivity contribution in [1.29, 1.82) is 0 Å². The second-order valence-corrected chi connectivity index (χ2v) is 5.33. The van der Waals surface area contributed by atoms with E-state index in [4.69, 9.17) is 23.2 Å². The first kappa shape index (κ1) is 15.9. The highest BCUT2D eigenvalue weighted by Gasteiger charge is 2.33. The van der Waals surface area contributed by atoms with Crippen LogP contribution in [0.4, 0.5) is 19.0 Å². The molecule has 0 aliphatic carbocycles. The first-order valence-electron chi connectivity index (χ1n) is 5.99. The zero-order valence-corrected chi connectivity index (χ0v) is 12.4. The van der Waals surface area contributed by atoms with Crippen molar-refractivity contribution in [3.8, 4) is 0 Å². The van der Waals surface area contributed by atoms with Gasteiger partial charge in [-0.15, -0.1) is 0 Å². The van der Waals surface area contributed by atoms with Gasteiger partial charge in [-0.25, -0.2) is 4.98 Å².